The molecule has 0 saturated heterocycles. The molecule has 0 saturated carbocycles. The first-order chi connectivity index (χ1) is 9.06. The van der Waals surface area contributed by atoms with E-state index in [0.717, 1.165) is 5.56 Å². The molecule has 1 aromatic heterocycles. The van der Waals surface area contributed by atoms with Crippen molar-refractivity contribution in [2.75, 3.05) is 0 Å². The summed E-state index contributed by atoms with van der Waals surface area (Å²) in [5.74, 6) is 0.533. The van der Waals surface area contributed by atoms with Gasteiger partial charge in [0.25, 0.3) is 5.91 Å². The number of hydrogen-bond donors (Lipinski definition) is 1. The van der Waals surface area contributed by atoms with E-state index in [9.17, 15) is 4.79 Å². The zero-order valence-corrected chi connectivity index (χ0v) is 11.4. The Bertz CT molecular complexity index is 591. The second-order valence-corrected chi connectivity index (χ2v) is 4.58. The van der Waals surface area contributed by atoms with Crippen molar-refractivity contribution in [3.63, 3.8) is 0 Å². The average Bonchev–Trinajstić information content (AvgIpc) is 2.37. The van der Waals surface area contributed by atoms with Gasteiger partial charge in [-0.15, -0.1) is 0 Å². The largest absolute Gasteiger partial charge is 0.348 e. The maximum absolute atomic E-state index is 12.0. The summed E-state index contributed by atoms with van der Waals surface area (Å²) in [6.07, 6.45) is 1.57. The van der Waals surface area contributed by atoms with Gasteiger partial charge >= 0.3 is 0 Å². The minimum Gasteiger partial charge on any atom is -0.348 e. The van der Waals surface area contributed by atoms with Crippen molar-refractivity contribution in [1.82, 2.24) is 15.3 Å². The Morgan fingerprint density at radius 2 is 1.84 bits per heavy atom. The zero-order valence-electron chi connectivity index (χ0n) is 11.4. The van der Waals surface area contributed by atoms with Gasteiger partial charge in [0.15, 0.2) is 0 Å². The van der Waals surface area contributed by atoms with Crippen molar-refractivity contribution < 1.29 is 4.79 Å². The minimum absolute atomic E-state index is 0.141. The first-order valence-electron chi connectivity index (χ1n) is 6.20. The molecule has 0 unspecified atom stereocenters. The van der Waals surface area contributed by atoms with Gasteiger partial charge in [0, 0.05) is 12.7 Å². The lowest BCUT2D eigenvalue weighted by Crippen LogP contribution is -2.24. The predicted molar refractivity (Wildman–Crippen MR) is 73.9 cm³/mol. The second-order valence-electron chi connectivity index (χ2n) is 4.58. The molecule has 1 N–H and O–H groups in total. The van der Waals surface area contributed by atoms with Crippen LogP contribution in [-0.4, -0.2) is 15.9 Å². The Hall–Kier alpha value is -2.23. The summed E-state index contributed by atoms with van der Waals surface area (Å²) in [6.45, 7) is 6.16. The zero-order chi connectivity index (χ0) is 13.8. The van der Waals surface area contributed by atoms with E-state index in [1.807, 2.05) is 38.1 Å². The van der Waals surface area contributed by atoms with Crippen molar-refractivity contribution >= 4 is 5.91 Å². The molecule has 19 heavy (non-hydrogen) atoms. The fourth-order valence-corrected chi connectivity index (χ4v) is 1.79. The first kappa shape index (κ1) is 13.2. The second kappa shape index (κ2) is 5.61. The van der Waals surface area contributed by atoms with E-state index in [0.29, 0.717) is 23.6 Å². The number of carbonyl (C=O) groups is 1. The van der Waals surface area contributed by atoms with Gasteiger partial charge < -0.3 is 5.32 Å². The molecule has 0 atom stereocenters. The Morgan fingerprint density at radius 3 is 2.47 bits per heavy atom. The van der Waals surface area contributed by atoms with Gasteiger partial charge in [-0.2, -0.15) is 0 Å². The number of carbonyl (C=O) groups excluding carboxylic acids is 1. The van der Waals surface area contributed by atoms with Gasteiger partial charge in [-0.05, 0) is 26.3 Å². The fourth-order valence-electron chi connectivity index (χ4n) is 1.79. The van der Waals surface area contributed by atoms with Crippen molar-refractivity contribution in [2.45, 2.75) is 27.3 Å². The van der Waals surface area contributed by atoms with Crippen LogP contribution in [0, 0.1) is 20.8 Å². The topological polar surface area (TPSA) is 54.9 Å². The van der Waals surface area contributed by atoms with Crippen molar-refractivity contribution in [3.8, 4) is 0 Å². The van der Waals surface area contributed by atoms with Gasteiger partial charge in [0.1, 0.15) is 5.82 Å². The summed E-state index contributed by atoms with van der Waals surface area (Å²) in [5, 5.41) is 2.88. The molecular formula is C15H17N3O. The molecule has 1 amide bonds. The molecule has 0 aliphatic heterocycles. The summed E-state index contributed by atoms with van der Waals surface area (Å²) in [4.78, 5) is 20.3. The third kappa shape index (κ3) is 3.37. The Kier molecular flexibility index (Phi) is 3.90. The van der Waals surface area contributed by atoms with Crippen LogP contribution in [0.5, 0.6) is 0 Å². The van der Waals surface area contributed by atoms with Gasteiger partial charge in [-0.25, -0.2) is 9.97 Å². The van der Waals surface area contributed by atoms with Crippen LogP contribution in [0.15, 0.2) is 30.5 Å². The number of benzene rings is 1. The number of aromatic nitrogens is 2. The summed E-state index contributed by atoms with van der Waals surface area (Å²) < 4.78 is 0. The monoisotopic (exact) mass is 255 g/mol. The molecule has 4 nitrogen and oxygen atoms in total. The fraction of sp³-hybridized carbons (Fsp3) is 0.267. The summed E-state index contributed by atoms with van der Waals surface area (Å²) >= 11 is 0. The van der Waals surface area contributed by atoms with E-state index in [-0.39, 0.29) is 5.91 Å². The quantitative estimate of drug-likeness (QED) is 0.915. The summed E-state index contributed by atoms with van der Waals surface area (Å²) in [6, 6.07) is 8.08. The van der Waals surface area contributed by atoms with Crippen molar-refractivity contribution in [2.24, 2.45) is 0 Å². The van der Waals surface area contributed by atoms with Crippen LogP contribution in [0.4, 0.5) is 0 Å². The average molecular weight is 255 g/mol. The van der Waals surface area contributed by atoms with E-state index in [1.54, 1.807) is 13.1 Å². The molecular weight excluding hydrogens is 238 g/mol. The summed E-state index contributed by atoms with van der Waals surface area (Å²) in [7, 11) is 0. The molecule has 1 aromatic carbocycles. The van der Waals surface area contributed by atoms with Gasteiger partial charge in [0.05, 0.1) is 11.3 Å². The first-order valence-corrected chi connectivity index (χ1v) is 6.20. The molecule has 98 valence electrons. The lowest BCUT2D eigenvalue weighted by atomic mass is 10.1. The summed E-state index contributed by atoms with van der Waals surface area (Å²) in [5.41, 5.74) is 3.51. The lowest BCUT2D eigenvalue weighted by molar-refractivity contribution is 0.0949. The maximum atomic E-state index is 12.0. The van der Waals surface area contributed by atoms with E-state index >= 15 is 0 Å². The highest BCUT2D eigenvalue weighted by molar-refractivity contribution is 5.94. The number of rotatable bonds is 3. The highest BCUT2D eigenvalue weighted by atomic mass is 16.1. The number of nitrogens with one attached hydrogen (secondary N) is 1. The van der Waals surface area contributed by atoms with E-state index < -0.39 is 0 Å². The van der Waals surface area contributed by atoms with Gasteiger partial charge in [-0.3, -0.25) is 4.79 Å². The van der Waals surface area contributed by atoms with Crippen LogP contribution < -0.4 is 5.32 Å². The molecule has 0 aliphatic rings. The van der Waals surface area contributed by atoms with Gasteiger partial charge in [0.2, 0.25) is 0 Å². The molecule has 4 heteroatoms. The third-order valence-corrected chi connectivity index (χ3v) is 2.92. The van der Waals surface area contributed by atoms with Crippen LogP contribution in [0.1, 0.15) is 33.0 Å². The van der Waals surface area contributed by atoms with Crippen LogP contribution >= 0.6 is 0 Å². The van der Waals surface area contributed by atoms with Crippen molar-refractivity contribution in [1.29, 1.82) is 0 Å². The standard InChI is InChI=1S/C15H17N3O/c1-10-4-6-13(7-5-10)8-17-15(19)14-9-16-12(3)18-11(14)2/h4-7,9H,8H2,1-3H3,(H,17,19). The van der Waals surface area contributed by atoms with Crippen LogP contribution in [0.25, 0.3) is 0 Å². The van der Waals surface area contributed by atoms with Crippen LogP contribution in [-0.2, 0) is 6.54 Å². The maximum Gasteiger partial charge on any atom is 0.254 e. The van der Waals surface area contributed by atoms with Crippen LogP contribution in [0.2, 0.25) is 0 Å². The Morgan fingerprint density at radius 1 is 1.16 bits per heavy atom. The molecule has 0 fully saturated rings. The molecule has 2 rings (SSSR count). The number of amides is 1. The molecule has 2 aromatic rings. The van der Waals surface area contributed by atoms with Crippen molar-refractivity contribution in [3.05, 3.63) is 58.7 Å². The highest BCUT2D eigenvalue weighted by Crippen LogP contribution is 2.06. The molecule has 0 spiro atoms. The molecule has 0 bridgehead atoms. The SMILES string of the molecule is Cc1ccc(CNC(=O)c2cnc(C)nc2C)cc1. The van der Waals surface area contributed by atoms with Gasteiger partial charge in [-0.1, -0.05) is 29.8 Å². The molecule has 0 aliphatic carbocycles. The predicted octanol–water partition coefficient (Wildman–Crippen LogP) is 2.33. The Labute approximate surface area is 112 Å². The smallest absolute Gasteiger partial charge is 0.254 e. The number of aryl methyl sites for hydroxylation is 3. The normalized spacial score (nSPS) is 10.3. The Balaban J connectivity index is 2.03. The minimum atomic E-state index is -0.141. The highest BCUT2D eigenvalue weighted by Gasteiger charge is 2.10. The van der Waals surface area contributed by atoms with E-state index in [4.69, 9.17) is 0 Å². The van der Waals surface area contributed by atoms with Crippen LogP contribution in [0.3, 0.4) is 0 Å². The number of nitrogens with zero attached hydrogens (tertiary/aromatic N) is 2. The molecule has 0 radical (unpaired) electrons. The lowest BCUT2D eigenvalue weighted by Gasteiger charge is -2.07. The van der Waals surface area contributed by atoms with E-state index in [1.165, 1.54) is 5.56 Å². The molecule has 1 heterocycles. The number of hydrogen-bond acceptors (Lipinski definition) is 3. The van der Waals surface area contributed by atoms with E-state index in [2.05, 4.69) is 15.3 Å². The third-order valence-electron chi connectivity index (χ3n) is 2.92.